The van der Waals surface area contributed by atoms with Crippen LogP contribution in [0.5, 0.6) is 0 Å². The van der Waals surface area contributed by atoms with Crippen LogP contribution in [0.4, 0.5) is 0 Å². The van der Waals surface area contributed by atoms with Crippen molar-refractivity contribution >= 4 is 12.3 Å². The van der Waals surface area contributed by atoms with Crippen molar-refractivity contribution in [3.63, 3.8) is 0 Å². The molecule has 4 unspecified atom stereocenters. The number of carboxylic acid groups (broad SMARTS) is 1. The van der Waals surface area contributed by atoms with Gasteiger partial charge in [0.1, 0.15) is 11.7 Å². The molecule has 4 saturated carbocycles. The Balaban J connectivity index is 1.66. The van der Waals surface area contributed by atoms with Crippen molar-refractivity contribution in [2.75, 3.05) is 13.6 Å². The van der Waals surface area contributed by atoms with Crippen molar-refractivity contribution in [3.8, 4) is 0 Å². The Hall–Kier alpha value is -1.16. The highest BCUT2D eigenvalue weighted by molar-refractivity contribution is 5.90. The Kier molecular flexibility index (Phi) is 5.01. The van der Waals surface area contributed by atoms with E-state index in [0.29, 0.717) is 17.9 Å². The molecule has 4 nitrogen and oxygen atoms in total. The molecule has 0 radical (unpaired) electrons. The van der Waals surface area contributed by atoms with Gasteiger partial charge in [0.2, 0.25) is 0 Å². The molecular formula is C27H41NO3. The molecule has 4 fully saturated rings. The van der Waals surface area contributed by atoms with Crippen molar-refractivity contribution in [2.24, 2.45) is 45.8 Å². The summed E-state index contributed by atoms with van der Waals surface area (Å²) >= 11 is 0. The molecule has 0 saturated heterocycles. The molecule has 7 atom stereocenters. The molecule has 0 aliphatic heterocycles. The van der Waals surface area contributed by atoms with E-state index >= 15 is 0 Å². The van der Waals surface area contributed by atoms with Crippen LogP contribution in [0.3, 0.4) is 0 Å². The molecule has 0 spiro atoms. The second kappa shape index (κ2) is 7.17. The topological polar surface area (TPSA) is 57.6 Å². The minimum absolute atomic E-state index is 0.162. The number of carbonyl (C=O) groups is 2. The van der Waals surface area contributed by atoms with Crippen LogP contribution in [0.15, 0.2) is 11.6 Å². The predicted octanol–water partition coefficient (Wildman–Crippen LogP) is 5.18. The molecule has 0 aromatic carbocycles. The number of aliphatic carboxylic acids is 1. The molecule has 0 heterocycles. The highest BCUT2D eigenvalue weighted by Crippen LogP contribution is 2.82. The summed E-state index contributed by atoms with van der Waals surface area (Å²) in [5.74, 6) is 0.980. The summed E-state index contributed by atoms with van der Waals surface area (Å²) in [6.07, 6.45) is 13.7. The lowest BCUT2D eigenvalue weighted by Gasteiger charge is -2.59. The molecule has 5 aliphatic carbocycles. The first-order valence-electron chi connectivity index (χ1n) is 12.9. The summed E-state index contributed by atoms with van der Waals surface area (Å²) < 4.78 is 0. The molecule has 0 aromatic rings. The van der Waals surface area contributed by atoms with Gasteiger partial charge in [-0.1, -0.05) is 58.1 Å². The highest BCUT2D eigenvalue weighted by Gasteiger charge is 2.84. The first-order valence-corrected chi connectivity index (χ1v) is 12.9. The van der Waals surface area contributed by atoms with E-state index in [2.05, 4.69) is 38.8 Å². The molecular weight excluding hydrogens is 386 g/mol. The molecule has 31 heavy (non-hydrogen) atoms. The fourth-order valence-electron chi connectivity index (χ4n) is 9.76. The van der Waals surface area contributed by atoms with Crippen LogP contribution in [0, 0.1) is 45.8 Å². The lowest BCUT2D eigenvalue weighted by molar-refractivity contribution is -0.182. The van der Waals surface area contributed by atoms with Crippen molar-refractivity contribution in [2.45, 2.75) is 84.6 Å². The van der Waals surface area contributed by atoms with Gasteiger partial charge in [0.15, 0.2) is 0 Å². The van der Waals surface area contributed by atoms with Gasteiger partial charge in [-0.3, -0.25) is 4.79 Å². The number of fused-ring (bicyclic) bond motifs is 2. The third kappa shape index (κ3) is 2.46. The number of carboxylic acids is 1. The van der Waals surface area contributed by atoms with Crippen molar-refractivity contribution in [3.05, 3.63) is 11.6 Å². The van der Waals surface area contributed by atoms with Gasteiger partial charge in [0.05, 0.1) is 5.41 Å². The van der Waals surface area contributed by atoms with E-state index < -0.39 is 16.8 Å². The van der Waals surface area contributed by atoms with Gasteiger partial charge in [-0.2, -0.15) is 0 Å². The molecule has 5 aliphatic rings. The van der Waals surface area contributed by atoms with Gasteiger partial charge in [-0.15, -0.1) is 0 Å². The zero-order valence-corrected chi connectivity index (χ0v) is 19.9. The summed E-state index contributed by atoms with van der Waals surface area (Å²) in [5.41, 5.74) is -1.02. The van der Waals surface area contributed by atoms with Crippen LogP contribution >= 0.6 is 0 Å². The minimum atomic E-state index is -1.02. The lowest BCUT2D eigenvalue weighted by atomic mass is 9.42. The number of allylic oxidation sites excluding steroid dienone is 1. The van der Waals surface area contributed by atoms with Gasteiger partial charge in [-0.25, -0.2) is 0 Å². The van der Waals surface area contributed by atoms with Crippen LogP contribution < -0.4 is 0 Å². The average Bonchev–Trinajstić information content (AvgIpc) is 3.31. The van der Waals surface area contributed by atoms with Crippen LogP contribution in [-0.2, 0) is 9.59 Å². The van der Waals surface area contributed by atoms with Gasteiger partial charge in [-0.05, 0) is 68.7 Å². The smallest absolute Gasteiger partial charge is 0.315 e. The Morgan fingerprint density at radius 3 is 2.52 bits per heavy atom. The standard InChI is InChI=1S/C27H41NO3/c1-17(2)23-12-19-13-26(16-29)22-11-10-18(3)21(22)14-25(19,27(23,26)24(30)31)15-28(4)20-8-6-5-7-9-20/h12,16-22H,5-11,13-15H2,1-4H3,(H,30,31)/t18-,19?,21-,22-,25?,26?,27?/m1/s1. The maximum atomic E-state index is 13.5. The monoisotopic (exact) mass is 427 g/mol. The first kappa shape index (κ1) is 21.7. The molecule has 5 rings (SSSR count). The average molecular weight is 428 g/mol. The number of carbonyl (C=O) groups excluding carboxylic acids is 1. The van der Waals surface area contributed by atoms with Gasteiger partial charge >= 0.3 is 5.97 Å². The third-order valence-corrected chi connectivity index (χ3v) is 10.9. The number of hydrogen-bond acceptors (Lipinski definition) is 3. The van der Waals surface area contributed by atoms with Crippen LogP contribution in [0.2, 0.25) is 0 Å². The zero-order valence-electron chi connectivity index (χ0n) is 19.9. The molecule has 172 valence electrons. The summed E-state index contributed by atoms with van der Waals surface area (Å²) in [6, 6.07) is 0.556. The van der Waals surface area contributed by atoms with Gasteiger partial charge in [0, 0.05) is 18.0 Å². The molecule has 4 heteroatoms. The molecule has 1 N–H and O–H groups in total. The number of aldehydes is 1. The Labute approximate surface area is 187 Å². The lowest BCUT2D eigenvalue weighted by Crippen LogP contribution is -2.65. The number of hydrogen-bond donors (Lipinski definition) is 1. The van der Waals surface area contributed by atoms with E-state index in [1.807, 2.05) is 0 Å². The second-order valence-corrected chi connectivity index (χ2v) is 12.2. The zero-order chi connectivity index (χ0) is 22.2. The quantitative estimate of drug-likeness (QED) is 0.469. The number of rotatable bonds is 6. The Morgan fingerprint density at radius 1 is 1.19 bits per heavy atom. The van der Waals surface area contributed by atoms with Crippen molar-refractivity contribution in [1.29, 1.82) is 0 Å². The summed E-state index contributed by atoms with van der Waals surface area (Å²) in [7, 11) is 2.24. The van der Waals surface area contributed by atoms with E-state index in [-0.39, 0.29) is 23.2 Å². The summed E-state index contributed by atoms with van der Waals surface area (Å²) in [5, 5.41) is 11.1. The van der Waals surface area contributed by atoms with Crippen molar-refractivity contribution < 1.29 is 14.7 Å². The maximum absolute atomic E-state index is 13.5. The van der Waals surface area contributed by atoms with Gasteiger partial charge < -0.3 is 14.8 Å². The second-order valence-electron chi connectivity index (χ2n) is 12.2. The fourth-order valence-corrected chi connectivity index (χ4v) is 9.76. The predicted molar refractivity (Wildman–Crippen MR) is 122 cm³/mol. The normalized spacial score (nSPS) is 46.5. The van der Waals surface area contributed by atoms with Crippen LogP contribution in [0.1, 0.15) is 78.6 Å². The molecule has 0 aromatic heterocycles. The maximum Gasteiger partial charge on any atom is 0.315 e. The number of nitrogens with zero attached hydrogens (tertiary/aromatic N) is 1. The van der Waals surface area contributed by atoms with Crippen LogP contribution in [0.25, 0.3) is 0 Å². The first-order chi connectivity index (χ1) is 14.7. The largest absolute Gasteiger partial charge is 0.481 e. The van der Waals surface area contributed by atoms with Crippen molar-refractivity contribution in [1.82, 2.24) is 4.90 Å². The summed E-state index contributed by atoms with van der Waals surface area (Å²) in [6.45, 7) is 7.45. The summed E-state index contributed by atoms with van der Waals surface area (Å²) in [4.78, 5) is 29.1. The SMILES string of the molecule is CC(C)C1=CC2CC3(C=O)[C@@H]4CC[C@@H](C)[C@H]4CC2(CN(C)C2CCCCC2)C13C(=O)O. The van der Waals surface area contributed by atoms with E-state index in [0.717, 1.165) is 44.1 Å². The molecule has 0 amide bonds. The highest BCUT2D eigenvalue weighted by atomic mass is 16.4. The minimum Gasteiger partial charge on any atom is -0.481 e. The fraction of sp³-hybridized carbons (Fsp3) is 0.852. The Bertz CT molecular complexity index is 798. The van der Waals surface area contributed by atoms with E-state index in [1.165, 1.54) is 32.1 Å². The third-order valence-electron chi connectivity index (χ3n) is 10.9. The van der Waals surface area contributed by atoms with Crippen LogP contribution in [-0.4, -0.2) is 41.9 Å². The van der Waals surface area contributed by atoms with E-state index in [9.17, 15) is 14.7 Å². The molecule has 4 bridgehead atoms. The Morgan fingerprint density at radius 2 is 1.90 bits per heavy atom. The van der Waals surface area contributed by atoms with Gasteiger partial charge in [0.25, 0.3) is 0 Å². The van der Waals surface area contributed by atoms with E-state index in [1.54, 1.807) is 0 Å². The van der Waals surface area contributed by atoms with E-state index in [4.69, 9.17) is 0 Å².